The Labute approximate surface area is 128 Å². The van der Waals surface area contributed by atoms with Crippen molar-refractivity contribution in [2.45, 2.75) is 31.7 Å². The summed E-state index contributed by atoms with van der Waals surface area (Å²) in [4.78, 5) is 20.8. The normalized spacial score (nSPS) is 34.2. The number of hydrogen-bond donors (Lipinski definition) is 0. The Kier molecular flexibility index (Phi) is 3.59. The Morgan fingerprint density at radius 2 is 2.14 bits per heavy atom. The molecule has 2 heterocycles. The first-order valence-electron chi connectivity index (χ1n) is 7.04. The zero-order valence-corrected chi connectivity index (χ0v) is 12.5. The SMILES string of the molecule is CN(C(=O)[O-])C1CCC(C2=C3C=NC=C[N+]3(Cl)C=N2)CC1. The highest BCUT2D eigenvalue weighted by Crippen LogP contribution is 2.40. The number of carbonyl (C=O) groups excluding carboxylic acids is 1. The molecule has 0 aromatic carbocycles. The van der Waals surface area contributed by atoms with E-state index >= 15 is 0 Å². The number of carbonyl (C=O) groups is 1. The molecule has 1 fully saturated rings. The molecule has 1 atom stereocenters. The number of allylic oxidation sites excluding steroid dienone is 2. The van der Waals surface area contributed by atoms with Gasteiger partial charge in [0.15, 0.2) is 11.8 Å². The van der Waals surface area contributed by atoms with Gasteiger partial charge >= 0.3 is 0 Å². The number of halogens is 1. The summed E-state index contributed by atoms with van der Waals surface area (Å²) in [6.07, 6.45) is 9.22. The number of carboxylic acid groups (broad SMARTS) is 1. The van der Waals surface area contributed by atoms with Gasteiger partial charge in [-0.2, -0.15) is 4.99 Å². The molecule has 0 radical (unpaired) electrons. The van der Waals surface area contributed by atoms with Crippen LogP contribution < -0.4 is 5.11 Å². The zero-order valence-electron chi connectivity index (χ0n) is 11.8. The molecule has 1 saturated carbocycles. The second kappa shape index (κ2) is 5.27. The van der Waals surface area contributed by atoms with Crippen LogP contribution in [-0.2, 0) is 0 Å². The van der Waals surface area contributed by atoms with Gasteiger partial charge in [-0.05, 0) is 25.7 Å². The van der Waals surface area contributed by atoms with Crippen LogP contribution in [0, 0.1) is 5.92 Å². The molecular formula is C14H17ClN4O2. The van der Waals surface area contributed by atoms with Crippen LogP contribution in [-0.4, -0.2) is 40.6 Å². The zero-order chi connectivity index (χ0) is 15.0. The maximum atomic E-state index is 10.9. The summed E-state index contributed by atoms with van der Waals surface area (Å²) in [6, 6.07) is 0.0393. The minimum Gasteiger partial charge on any atom is -0.530 e. The molecule has 2 aliphatic heterocycles. The van der Waals surface area contributed by atoms with E-state index in [2.05, 4.69) is 9.98 Å². The average Bonchev–Trinajstić information content (AvgIpc) is 2.84. The molecule has 0 spiro atoms. The fraction of sp³-hybridized carbons (Fsp3) is 0.500. The highest BCUT2D eigenvalue weighted by atomic mass is 35.5. The van der Waals surface area contributed by atoms with Crippen molar-refractivity contribution in [3.8, 4) is 0 Å². The number of fused-ring (bicyclic) bond motifs is 1. The van der Waals surface area contributed by atoms with E-state index in [9.17, 15) is 9.90 Å². The number of amides is 1. The molecule has 21 heavy (non-hydrogen) atoms. The lowest BCUT2D eigenvalue weighted by Gasteiger charge is -2.35. The molecule has 112 valence electrons. The van der Waals surface area contributed by atoms with Crippen molar-refractivity contribution >= 4 is 30.4 Å². The smallest absolute Gasteiger partial charge is 0.218 e. The van der Waals surface area contributed by atoms with E-state index in [-0.39, 0.29) is 10.0 Å². The van der Waals surface area contributed by atoms with E-state index in [1.807, 2.05) is 0 Å². The van der Waals surface area contributed by atoms with E-state index in [4.69, 9.17) is 11.8 Å². The fourth-order valence-corrected chi connectivity index (χ4v) is 3.40. The number of hydrogen-bond acceptors (Lipinski definition) is 4. The lowest BCUT2D eigenvalue weighted by molar-refractivity contribution is -0.592. The summed E-state index contributed by atoms with van der Waals surface area (Å²) < 4.78 is 0.0533. The molecule has 3 rings (SSSR count). The molecule has 1 amide bonds. The first-order chi connectivity index (χ1) is 10.0. The fourth-order valence-electron chi connectivity index (χ4n) is 3.17. The Bertz CT molecular complexity index is 576. The summed E-state index contributed by atoms with van der Waals surface area (Å²) in [5.41, 5.74) is 1.88. The van der Waals surface area contributed by atoms with Crippen molar-refractivity contribution in [2.75, 3.05) is 7.05 Å². The van der Waals surface area contributed by atoms with E-state index < -0.39 is 6.09 Å². The Balaban J connectivity index is 1.72. The highest BCUT2D eigenvalue weighted by molar-refractivity contribution is 6.14. The molecule has 0 N–H and O–H groups in total. The van der Waals surface area contributed by atoms with E-state index in [0.717, 1.165) is 37.1 Å². The third kappa shape index (κ3) is 2.49. The van der Waals surface area contributed by atoms with Crippen molar-refractivity contribution in [3.05, 3.63) is 23.8 Å². The minimum atomic E-state index is -1.11. The summed E-state index contributed by atoms with van der Waals surface area (Å²) in [5.74, 6) is 0.305. The van der Waals surface area contributed by atoms with Crippen LogP contribution in [0.4, 0.5) is 4.79 Å². The predicted octanol–water partition coefficient (Wildman–Crippen LogP) is 1.60. The first-order valence-corrected chi connectivity index (χ1v) is 7.38. The monoisotopic (exact) mass is 308 g/mol. The molecule has 0 aromatic heterocycles. The summed E-state index contributed by atoms with van der Waals surface area (Å²) >= 11 is 6.47. The van der Waals surface area contributed by atoms with Gasteiger partial charge in [0.05, 0.1) is 12.4 Å². The second-order valence-corrected chi connectivity index (χ2v) is 6.22. The molecular weight excluding hydrogens is 292 g/mol. The maximum Gasteiger partial charge on any atom is 0.218 e. The molecule has 0 bridgehead atoms. The largest absolute Gasteiger partial charge is 0.530 e. The minimum absolute atomic E-state index is 0.0393. The topological polar surface area (TPSA) is 68.1 Å². The molecule has 0 aromatic rings. The molecule has 3 aliphatic rings. The van der Waals surface area contributed by atoms with Crippen LogP contribution in [0.1, 0.15) is 25.7 Å². The number of rotatable bonds is 2. The molecule has 6 nitrogen and oxygen atoms in total. The van der Waals surface area contributed by atoms with Gasteiger partial charge in [0.25, 0.3) is 0 Å². The van der Waals surface area contributed by atoms with Crippen molar-refractivity contribution in [3.63, 3.8) is 0 Å². The first kappa shape index (κ1) is 14.3. The number of aliphatic imine (C=N–C) groups is 2. The third-order valence-electron chi connectivity index (χ3n) is 4.48. The van der Waals surface area contributed by atoms with Crippen molar-refractivity contribution in [2.24, 2.45) is 15.9 Å². The molecule has 1 unspecified atom stereocenters. The van der Waals surface area contributed by atoms with Crippen LogP contribution in [0.25, 0.3) is 0 Å². The van der Waals surface area contributed by atoms with Gasteiger partial charge < -0.3 is 14.8 Å². The summed E-state index contributed by atoms with van der Waals surface area (Å²) in [7, 11) is 1.58. The van der Waals surface area contributed by atoms with Gasteiger partial charge in [-0.25, -0.2) is 0 Å². The van der Waals surface area contributed by atoms with Gasteiger partial charge in [-0.15, -0.1) is 4.00 Å². The van der Waals surface area contributed by atoms with Gasteiger partial charge in [0.1, 0.15) is 18.0 Å². The summed E-state index contributed by atoms with van der Waals surface area (Å²) in [5, 5.41) is 10.9. The lowest BCUT2D eigenvalue weighted by Crippen LogP contribution is -2.46. The number of quaternary nitrogens is 1. The van der Waals surface area contributed by atoms with Gasteiger partial charge in [0, 0.05) is 19.0 Å². The molecule has 0 saturated heterocycles. The maximum absolute atomic E-state index is 10.9. The molecule has 1 aliphatic carbocycles. The van der Waals surface area contributed by atoms with Gasteiger partial charge in [-0.3, -0.25) is 4.99 Å². The quantitative estimate of drug-likeness (QED) is 0.727. The number of nitrogens with zero attached hydrogens (tertiary/aromatic N) is 4. The van der Waals surface area contributed by atoms with Crippen molar-refractivity contribution < 1.29 is 13.9 Å². The molecule has 7 heteroatoms. The van der Waals surface area contributed by atoms with Crippen LogP contribution in [0.3, 0.4) is 0 Å². The highest BCUT2D eigenvalue weighted by Gasteiger charge is 2.40. The summed E-state index contributed by atoms with van der Waals surface area (Å²) in [6.45, 7) is 0. The predicted molar refractivity (Wildman–Crippen MR) is 78.2 cm³/mol. The van der Waals surface area contributed by atoms with Crippen LogP contribution in [0.5, 0.6) is 0 Å². The lowest BCUT2D eigenvalue weighted by atomic mass is 9.83. The van der Waals surface area contributed by atoms with Crippen LogP contribution in [0.2, 0.25) is 0 Å². The van der Waals surface area contributed by atoms with Gasteiger partial charge in [0.2, 0.25) is 12.0 Å². The van der Waals surface area contributed by atoms with Crippen molar-refractivity contribution in [1.29, 1.82) is 0 Å². The van der Waals surface area contributed by atoms with Crippen LogP contribution in [0.15, 0.2) is 33.8 Å². The standard InChI is InChI=1S/C14H17ClN4O2/c1-18(14(20)21)11-4-2-10(3-5-11)13-12-8-16-6-7-19(12,15)9-17-13/h6-11H,2-5H2,1H3. The van der Waals surface area contributed by atoms with E-state index in [1.165, 1.54) is 4.90 Å². The Hall–Kier alpha value is -1.66. The average molecular weight is 309 g/mol. The van der Waals surface area contributed by atoms with E-state index in [0.29, 0.717) is 5.92 Å². The second-order valence-electron chi connectivity index (χ2n) is 5.66. The van der Waals surface area contributed by atoms with Crippen LogP contribution >= 0.6 is 11.8 Å². The Morgan fingerprint density at radius 1 is 1.43 bits per heavy atom. The Morgan fingerprint density at radius 3 is 2.81 bits per heavy atom. The third-order valence-corrected chi connectivity index (χ3v) is 4.86. The van der Waals surface area contributed by atoms with Gasteiger partial charge in [-0.1, -0.05) is 0 Å². The van der Waals surface area contributed by atoms with Crippen molar-refractivity contribution in [1.82, 2.24) is 4.90 Å². The van der Waals surface area contributed by atoms with E-state index in [1.54, 1.807) is 32.0 Å².